The Kier molecular flexibility index (Phi) is 4.78. The Hall–Kier alpha value is -3.18. The Balaban J connectivity index is 1.74. The summed E-state index contributed by atoms with van der Waals surface area (Å²) in [5, 5.41) is 6.72. The summed E-state index contributed by atoms with van der Waals surface area (Å²) in [4.78, 5) is 27.1. The summed E-state index contributed by atoms with van der Waals surface area (Å²) in [7, 11) is 0. The molecule has 2 heterocycles. The summed E-state index contributed by atoms with van der Waals surface area (Å²) in [5.74, 6) is -0.369. The molecule has 6 heteroatoms. The normalized spacial score (nSPS) is 25.9. The highest BCUT2D eigenvalue weighted by molar-refractivity contribution is 6.31. The first-order valence-corrected chi connectivity index (χ1v) is 10.7. The van der Waals surface area contributed by atoms with Gasteiger partial charge in [-0.2, -0.15) is 10.1 Å². The number of anilines is 1. The number of hydrogen-bond donors (Lipinski definition) is 0. The van der Waals surface area contributed by atoms with Crippen molar-refractivity contribution < 1.29 is 14.0 Å². The van der Waals surface area contributed by atoms with Crippen LogP contribution in [0.1, 0.15) is 42.9 Å². The third-order valence-electron chi connectivity index (χ3n) is 6.53. The molecule has 2 aromatic carbocycles. The molecule has 1 saturated carbocycles. The average molecular weight is 433 g/mol. The first kappa shape index (κ1) is 19.8. The number of Topliss-reactive ketones (excluding diaryl/α,β-unsaturated/α-hetero) is 1. The molecule has 1 amide bonds. The van der Waals surface area contributed by atoms with Gasteiger partial charge in [-0.3, -0.25) is 9.59 Å². The third kappa shape index (κ3) is 2.95. The molecule has 1 spiro atoms. The second-order valence-electron chi connectivity index (χ2n) is 8.10. The van der Waals surface area contributed by atoms with Gasteiger partial charge in [-0.25, -0.2) is 0 Å². The molecule has 0 N–H and O–H groups in total. The number of ketones is 1. The molecule has 1 aliphatic carbocycles. The number of furan rings is 1. The van der Waals surface area contributed by atoms with Gasteiger partial charge in [-0.1, -0.05) is 48.0 Å². The molecule has 2 aliphatic rings. The van der Waals surface area contributed by atoms with Gasteiger partial charge >= 0.3 is 0 Å². The monoisotopic (exact) mass is 432 g/mol. The minimum Gasteiger partial charge on any atom is -0.469 e. The lowest BCUT2D eigenvalue weighted by atomic mass is 9.55. The molecule has 1 fully saturated rings. The lowest BCUT2D eigenvalue weighted by molar-refractivity contribution is -0.131. The minimum absolute atomic E-state index is 0.0794. The van der Waals surface area contributed by atoms with Gasteiger partial charge in [0.25, 0.3) is 5.91 Å². The summed E-state index contributed by atoms with van der Waals surface area (Å²) < 4.78 is 5.75. The summed E-state index contributed by atoms with van der Waals surface area (Å²) in [6.45, 7) is 1.87. The first-order valence-electron chi connectivity index (χ1n) is 10.3. The van der Waals surface area contributed by atoms with Crippen LogP contribution >= 0.6 is 11.6 Å². The van der Waals surface area contributed by atoms with Crippen LogP contribution < -0.4 is 5.01 Å². The Morgan fingerprint density at radius 1 is 0.968 bits per heavy atom. The zero-order chi connectivity index (χ0) is 21.6. The molecule has 3 atom stereocenters. The number of benzene rings is 2. The molecule has 0 unspecified atom stereocenters. The number of para-hydroxylation sites is 1. The molecule has 3 aromatic rings. The van der Waals surface area contributed by atoms with Gasteiger partial charge in [0.15, 0.2) is 0 Å². The molecule has 5 rings (SSSR count). The van der Waals surface area contributed by atoms with E-state index in [1.807, 2.05) is 61.5 Å². The Morgan fingerprint density at radius 2 is 1.68 bits per heavy atom. The van der Waals surface area contributed by atoms with E-state index in [1.165, 1.54) is 5.01 Å². The van der Waals surface area contributed by atoms with E-state index in [2.05, 4.69) is 0 Å². The van der Waals surface area contributed by atoms with Crippen molar-refractivity contribution >= 4 is 34.7 Å². The predicted molar refractivity (Wildman–Crippen MR) is 119 cm³/mol. The van der Waals surface area contributed by atoms with Crippen molar-refractivity contribution in [2.45, 2.75) is 31.6 Å². The van der Waals surface area contributed by atoms with E-state index in [-0.39, 0.29) is 24.5 Å². The first-order chi connectivity index (χ1) is 15.0. The van der Waals surface area contributed by atoms with E-state index in [0.717, 1.165) is 5.56 Å². The van der Waals surface area contributed by atoms with Crippen LogP contribution in [0.5, 0.6) is 0 Å². The Bertz CT molecular complexity index is 1170. The SMILES string of the molecule is CC1=NN(c2ccccc2)C(=O)[C@@]12[C@H](c1ccco1)CC(=O)C[C@H]2c1ccccc1Cl. The van der Waals surface area contributed by atoms with E-state index in [4.69, 9.17) is 21.1 Å². The van der Waals surface area contributed by atoms with Crippen molar-refractivity contribution in [2.24, 2.45) is 10.5 Å². The van der Waals surface area contributed by atoms with Gasteiger partial charge in [0.2, 0.25) is 0 Å². The average Bonchev–Trinajstić information content (AvgIpc) is 3.40. The van der Waals surface area contributed by atoms with Crippen LogP contribution in [0.4, 0.5) is 5.69 Å². The van der Waals surface area contributed by atoms with E-state index < -0.39 is 17.3 Å². The van der Waals surface area contributed by atoms with Crippen LogP contribution in [-0.4, -0.2) is 17.4 Å². The van der Waals surface area contributed by atoms with E-state index in [1.54, 1.807) is 18.4 Å². The molecule has 31 heavy (non-hydrogen) atoms. The summed E-state index contributed by atoms with van der Waals surface area (Å²) in [6, 6.07) is 20.4. The van der Waals surface area contributed by atoms with Crippen LogP contribution in [0.15, 0.2) is 82.5 Å². The number of amides is 1. The Morgan fingerprint density at radius 3 is 2.39 bits per heavy atom. The second kappa shape index (κ2) is 7.50. The lowest BCUT2D eigenvalue weighted by Crippen LogP contribution is -2.52. The zero-order valence-electron chi connectivity index (χ0n) is 17.0. The van der Waals surface area contributed by atoms with Gasteiger partial charge in [0.1, 0.15) is 17.0 Å². The summed E-state index contributed by atoms with van der Waals surface area (Å²) >= 11 is 6.59. The van der Waals surface area contributed by atoms with Gasteiger partial charge in [0.05, 0.1) is 17.7 Å². The number of carbonyl (C=O) groups is 2. The topological polar surface area (TPSA) is 62.9 Å². The second-order valence-corrected chi connectivity index (χ2v) is 8.50. The van der Waals surface area contributed by atoms with Crippen molar-refractivity contribution in [3.05, 3.63) is 89.3 Å². The maximum Gasteiger partial charge on any atom is 0.260 e. The maximum atomic E-state index is 14.2. The fourth-order valence-electron chi connectivity index (χ4n) is 5.19. The summed E-state index contributed by atoms with van der Waals surface area (Å²) in [6.07, 6.45) is 2.02. The van der Waals surface area contributed by atoms with Crippen molar-refractivity contribution in [1.29, 1.82) is 0 Å². The van der Waals surface area contributed by atoms with Crippen molar-refractivity contribution in [1.82, 2.24) is 0 Å². The van der Waals surface area contributed by atoms with Gasteiger partial charge < -0.3 is 4.42 Å². The quantitative estimate of drug-likeness (QED) is 0.543. The fourth-order valence-corrected chi connectivity index (χ4v) is 5.45. The highest BCUT2D eigenvalue weighted by atomic mass is 35.5. The van der Waals surface area contributed by atoms with E-state index >= 15 is 0 Å². The third-order valence-corrected chi connectivity index (χ3v) is 6.87. The van der Waals surface area contributed by atoms with Crippen LogP contribution in [0, 0.1) is 5.41 Å². The minimum atomic E-state index is -1.06. The largest absolute Gasteiger partial charge is 0.469 e. The number of hydrogen-bond acceptors (Lipinski definition) is 4. The lowest BCUT2D eigenvalue weighted by Gasteiger charge is -2.44. The predicted octanol–water partition coefficient (Wildman–Crippen LogP) is 5.57. The number of hydrazone groups is 1. The van der Waals surface area contributed by atoms with Crippen molar-refractivity contribution in [2.75, 3.05) is 5.01 Å². The zero-order valence-corrected chi connectivity index (χ0v) is 17.8. The molecule has 0 saturated heterocycles. The number of rotatable bonds is 3. The standard InChI is InChI=1S/C25H21ClN2O3/c1-16-25(24(30)28(27-16)17-8-3-2-4-9-17)20(19-10-5-6-11-22(19)26)14-18(29)15-21(25)23-12-7-13-31-23/h2-13,20-21H,14-15H2,1H3/t20-,21-,25-/m0/s1. The van der Waals surface area contributed by atoms with Crippen LogP contribution in [0.25, 0.3) is 0 Å². The van der Waals surface area contributed by atoms with Gasteiger partial charge in [-0.05, 0) is 42.8 Å². The smallest absolute Gasteiger partial charge is 0.260 e. The summed E-state index contributed by atoms with van der Waals surface area (Å²) in [5.41, 5.74) is 1.08. The highest BCUT2D eigenvalue weighted by Crippen LogP contribution is 2.59. The molecule has 156 valence electrons. The van der Waals surface area contributed by atoms with Crippen LogP contribution in [0.3, 0.4) is 0 Å². The van der Waals surface area contributed by atoms with Gasteiger partial charge in [-0.15, -0.1) is 0 Å². The maximum absolute atomic E-state index is 14.2. The molecule has 0 radical (unpaired) electrons. The van der Waals surface area contributed by atoms with Crippen molar-refractivity contribution in [3.8, 4) is 0 Å². The van der Waals surface area contributed by atoms with Crippen molar-refractivity contribution in [3.63, 3.8) is 0 Å². The molecule has 0 bridgehead atoms. The van der Waals surface area contributed by atoms with Gasteiger partial charge in [0, 0.05) is 29.7 Å². The molecule has 5 nitrogen and oxygen atoms in total. The van der Waals surface area contributed by atoms with E-state index in [0.29, 0.717) is 22.2 Å². The molecular formula is C25H21ClN2O3. The number of halogens is 1. The molecule has 1 aliphatic heterocycles. The molecule has 1 aromatic heterocycles. The molecular weight excluding hydrogens is 412 g/mol. The number of carbonyl (C=O) groups excluding carboxylic acids is 2. The van der Waals surface area contributed by atoms with Crippen LogP contribution in [0.2, 0.25) is 5.02 Å². The van der Waals surface area contributed by atoms with E-state index in [9.17, 15) is 9.59 Å². The number of nitrogens with zero attached hydrogens (tertiary/aromatic N) is 2. The van der Waals surface area contributed by atoms with Crippen LogP contribution in [-0.2, 0) is 9.59 Å². The highest BCUT2D eigenvalue weighted by Gasteiger charge is 2.63. The Labute approximate surface area is 185 Å². The fraction of sp³-hybridized carbons (Fsp3) is 0.240.